The molecule has 2 aromatic carbocycles. The molecular weight excluding hydrogens is 376 g/mol. The summed E-state index contributed by atoms with van der Waals surface area (Å²) in [4.78, 5) is 8.71. The maximum Gasteiger partial charge on any atom is 0.224 e. The van der Waals surface area contributed by atoms with Gasteiger partial charge in [-0.3, -0.25) is 4.99 Å². The predicted octanol–water partition coefficient (Wildman–Crippen LogP) is 4.53. The van der Waals surface area contributed by atoms with E-state index < -0.39 is 0 Å². The third-order valence-corrected chi connectivity index (χ3v) is 4.34. The first-order chi connectivity index (χ1) is 14.8. The average molecular weight is 405 g/mol. The zero-order valence-electron chi connectivity index (χ0n) is 17.5. The summed E-state index contributed by atoms with van der Waals surface area (Å²) in [5.41, 5.74) is 2.11. The quantitative estimate of drug-likeness (QED) is 0.405. The molecule has 0 spiro atoms. The highest BCUT2D eigenvalue weighted by Gasteiger charge is 2.11. The number of pyridine rings is 1. The van der Waals surface area contributed by atoms with E-state index in [1.54, 1.807) is 13.2 Å². The second kappa shape index (κ2) is 11.5. The third kappa shape index (κ3) is 6.24. The largest absolute Gasteiger partial charge is 0.490 e. The van der Waals surface area contributed by atoms with Gasteiger partial charge in [-0.25, -0.2) is 4.98 Å². The van der Waals surface area contributed by atoms with Crippen LogP contribution in [0.1, 0.15) is 24.5 Å². The van der Waals surface area contributed by atoms with Gasteiger partial charge in [-0.05, 0) is 30.2 Å². The zero-order chi connectivity index (χ0) is 21.0. The van der Waals surface area contributed by atoms with Crippen LogP contribution >= 0.6 is 0 Å². The van der Waals surface area contributed by atoms with Crippen molar-refractivity contribution in [3.63, 3.8) is 0 Å². The van der Waals surface area contributed by atoms with Gasteiger partial charge in [0, 0.05) is 31.9 Å². The van der Waals surface area contributed by atoms with Crippen molar-refractivity contribution in [2.75, 3.05) is 13.7 Å². The van der Waals surface area contributed by atoms with Crippen LogP contribution in [0.2, 0.25) is 0 Å². The Morgan fingerprint density at radius 1 is 0.900 bits per heavy atom. The maximum absolute atomic E-state index is 6.10. The maximum atomic E-state index is 6.10. The highest BCUT2D eigenvalue weighted by Crippen LogP contribution is 2.31. The zero-order valence-corrected chi connectivity index (χ0v) is 17.5. The number of para-hydroxylation sites is 2. The standard InChI is InChI=1S/C24H28N4O2/c1-3-16-29-21-13-7-8-14-22(21)30-23-20(12-9-15-26-23)18-28-24(25-2)27-17-19-10-5-4-6-11-19/h4-15H,3,16-18H2,1-2H3,(H2,25,27,28). The number of hydrogen-bond donors (Lipinski definition) is 2. The van der Waals surface area contributed by atoms with Crippen molar-refractivity contribution in [1.29, 1.82) is 0 Å². The van der Waals surface area contributed by atoms with Crippen molar-refractivity contribution in [3.8, 4) is 17.4 Å². The summed E-state index contributed by atoms with van der Waals surface area (Å²) in [5, 5.41) is 6.63. The first-order valence-corrected chi connectivity index (χ1v) is 10.1. The Balaban J connectivity index is 1.64. The Bertz CT molecular complexity index is 945. The fourth-order valence-electron chi connectivity index (χ4n) is 2.80. The van der Waals surface area contributed by atoms with E-state index in [4.69, 9.17) is 9.47 Å². The summed E-state index contributed by atoms with van der Waals surface area (Å²) in [6.45, 7) is 3.93. The van der Waals surface area contributed by atoms with Crippen molar-refractivity contribution in [2.45, 2.75) is 26.4 Å². The molecule has 0 radical (unpaired) electrons. The van der Waals surface area contributed by atoms with Crippen LogP contribution in [0.3, 0.4) is 0 Å². The second-order valence-electron chi connectivity index (χ2n) is 6.63. The van der Waals surface area contributed by atoms with Crippen LogP contribution < -0.4 is 20.1 Å². The van der Waals surface area contributed by atoms with E-state index >= 15 is 0 Å². The summed E-state index contributed by atoms with van der Waals surface area (Å²) >= 11 is 0. The molecule has 0 bridgehead atoms. The summed E-state index contributed by atoms with van der Waals surface area (Å²) in [6, 6.07) is 21.7. The topological polar surface area (TPSA) is 67.8 Å². The van der Waals surface area contributed by atoms with Gasteiger partial charge in [-0.2, -0.15) is 0 Å². The first-order valence-electron chi connectivity index (χ1n) is 10.1. The summed E-state index contributed by atoms with van der Waals surface area (Å²) in [7, 11) is 1.75. The van der Waals surface area contributed by atoms with E-state index in [2.05, 4.69) is 39.7 Å². The lowest BCUT2D eigenvalue weighted by Gasteiger charge is -2.15. The molecule has 0 aliphatic heterocycles. The molecule has 0 unspecified atom stereocenters. The number of nitrogens with zero attached hydrogens (tertiary/aromatic N) is 2. The number of benzene rings is 2. The molecule has 2 N–H and O–H groups in total. The molecule has 3 rings (SSSR count). The Morgan fingerprint density at radius 2 is 1.63 bits per heavy atom. The van der Waals surface area contributed by atoms with Crippen LogP contribution in [0.5, 0.6) is 17.4 Å². The molecule has 0 aliphatic rings. The monoisotopic (exact) mass is 404 g/mol. The molecule has 0 aliphatic carbocycles. The van der Waals surface area contributed by atoms with Crippen molar-refractivity contribution >= 4 is 5.96 Å². The van der Waals surface area contributed by atoms with Crippen LogP contribution in [0.15, 0.2) is 77.9 Å². The molecule has 0 fully saturated rings. The van der Waals surface area contributed by atoms with E-state index in [9.17, 15) is 0 Å². The van der Waals surface area contributed by atoms with Gasteiger partial charge >= 0.3 is 0 Å². The minimum absolute atomic E-state index is 0.523. The number of rotatable bonds is 9. The summed E-state index contributed by atoms with van der Waals surface area (Å²) in [5.74, 6) is 2.61. The molecule has 1 aromatic heterocycles. The van der Waals surface area contributed by atoms with Gasteiger partial charge in [0.15, 0.2) is 17.5 Å². The molecule has 0 amide bonds. The first kappa shape index (κ1) is 21.2. The normalized spacial score (nSPS) is 11.1. The predicted molar refractivity (Wildman–Crippen MR) is 120 cm³/mol. The van der Waals surface area contributed by atoms with E-state index in [0.717, 1.165) is 12.0 Å². The van der Waals surface area contributed by atoms with Gasteiger partial charge in [0.2, 0.25) is 5.88 Å². The number of ether oxygens (including phenoxy) is 2. The van der Waals surface area contributed by atoms with Crippen molar-refractivity contribution < 1.29 is 9.47 Å². The molecule has 0 saturated heterocycles. The van der Waals surface area contributed by atoms with Gasteiger partial charge in [-0.15, -0.1) is 0 Å². The summed E-state index contributed by atoms with van der Waals surface area (Å²) < 4.78 is 11.9. The molecule has 30 heavy (non-hydrogen) atoms. The van der Waals surface area contributed by atoms with Crippen molar-refractivity contribution in [2.24, 2.45) is 4.99 Å². The molecule has 0 atom stereocenters. The molecule has 6 nitrogen and oxygen atoms in total. The smallest absolute Gasteiger partial charge is 0.224 e. The number of aromatic nitrogens is 1. The van der Waals surface area contributed by atoms with Crippen LogP contribution in [0.25, 0.3) is 0 Å². The minimum Gasteiger partial charge on any atom is -0.490 e. The van der Waals surface area contributed by atoms with Gasteiger partial charge in [0.05, 0.1) is 6.61 Å². The third-order valence-electron chi connectivity index (χ3n) is 4.34. The molecule has 6 heteroatoms. The van der Waals surface area contributed by atoms with E-state index in [1.807, 2.05) is 54.6 Å². The van der Waals surface area contributed by atoms with Gasteiger partial charge in [0.1, 0.15) is 0 Å². The van der Waals surface area contributed by atoms with E-state index in [1.165, 1.54) is 5.56 Å². The lowest BCUT2D eigenvalue weighted by molar-refractivity contribution is 0.300. The van der Waals surface area contributed by atoms with Crippen LogP contribution in [0.4, 0.5) is 0 Å². The molecular formula is C24H28N4O2. The summed E-state index contributed by atoms with van der Waals surface area (Å²) in [6.07, 6.45) is 2.65. The molecule has 1 heterocycles. The number of nitrogens with one attached hydrogen (secondary N) is 2. The second-order valence-corrected chi connectivity index (χ2v) is 6.63. The Kier molecular flexibility index (Phi) is 8.09. The van der Waals surface area contributed by atoms with Crippen molar-refractivity contribution in [3.05, 3.63) is 84.1 Å². The fourth-order valence-corrected chi connectivity index (χ4v) is 2.80. The number of hydrogen-bond acceptors (Lipinski definition) is 4. The SMILES string of the molecule is CCCOc1ccccc1Oc1ncccc1CNC(=NC)NCc1ccccc1. The number of guanidine groups is 1. The molecule has 156 valence electrons. The lowest BCUT2D eigenvalue weighted by atomic mass is 10.2. The Hall–Kier alpha value is -3.54. The van der Waals surface area contributed by atoms with Gasteiger partial charge in [0.25, 0.3) is 0 Å². The minimum atomic E-state index is 0.523. The van der Waals surface area contributed by atoms with Crippen LogP contribution in [-0.2, 0) is 13.1 Å². The average Bonchev–Trinajstić information content (AvgIpc) is 2.80. The van der Waals surface area contributed by atoms with E-state index in [0.29, 0.717) is 43.0 Å². The van der Waals surface area contributed by atoms with Crippen molar-refractivity contribution in [1.82, 2.24) is 15.6 Å². The van der Waals surface area contributed by atoms with Gasteiger partial charge < -0.3 is 20.1 Å². The number of aliphatic imine (C=N–C) groups is 1. The Morgan fingerprint density at radius 3 is 2.40 bits per heavy atom. The fraction of sp³-hybridized carbons (Fsp3) is 0.250. The molecule has 0 saturated carbocycles. The highest BCUT2D eigenvalue weighted by molar-refractivity contribution is 5.79. The van der Waals surface area contributed by atoms with Gasteiger partial charge in [-0.1, -0.05) is 55.5 Å². The molecule has 3 aromatic rings. The van der Waals surface area contributed by atoms with E-state index in [-0.39, 0.29) is 0 Å². The highest BCUT2D eigenvalue weighted by atomic mass is 16.5. The Labute approximate surface area is 178 Å². The lowest BCUT2D eigenvalue weighted by Crippen LogP contribution is -2.36. The van der Waals surface area contributed by atoms with Crippen LogP contribution in [-0.4, -0.2) is 24.6 Å². The van der Waals surface area contributed by atoms with Crippen LogP contribution in [0, 0.1) is 0 Å².